The van der Waals surface area contributed by atoms with Crippen molar-refractivity contribution in [2.75, 3.05) is 5.73 Å². The molecule has 4 heteroatoms. The summed E-state index contributed by atoms with van der Waals surface area (Å²) in [6.07, 6.45) is 1.67. The maximum Gasteiger partial charge on any atom is 0.311 e. The van der Waals surface area contributed by atoms with Crippen molar-refractivity contribution in [1.82, 2.24) is 0 Å². The molecule has 3 nitrogen and oxygen atoms in total. The summed E-state index contributed by atoms with van der Waals surface area (Å²) in [5.74, 6) is -1.21. The van der Waals surface area contributed by atoms with E-state index >= 15 is 0 Å². The third kappa shape index (κ3) is 3.00. The molecule has 0 amide bonds. The lowest BCUT2D eigenvalue weighted by atomic mass is 9.82. The zero-order valence-corrected chi connectivity index (χ0v) is 11.7. The summed E-state index contributed by atoms with van der Waals surface area (Å²) in [5.41, 5.74) is 7.20. The predicted octanol–water partition coefficient (Wildman–Crippen LogP) is 3.64. The first kappa shape index (κ1) is 14.0. The Kier molecular flexibility index (Phi) is 5.00. The van der Waals surface area contributed by atoms with Gasteiger partial charge in [-0.25, -0.2) is 0 Å². The van der Waals surface area contributed by atoms with E-state index in [4.69, 9.17) is 5.73 Å². The van der Waals surface area contributed by atoms with Gasteiger partial charge < -0.3 is 10.8 Å². The number of nitrogen functional groups attached to an aromatic ring is 1. The van der Waals surface area contributed by atoms with Crippen LogP contribution in [0.15, 0.2) is 22.7 Å². The van der Waals surface area contributed by atoms with Crippen LogP contribution in [0.25, 0.3) is 0 Å². The van der Waals surface area contributed by atoms with Gasteiger partial charge in [0, 0.05) is 10.2 Å². The Balaban J connectivity index is 3.23. The first-order chi connectivity index (χ1) is 8.02. The molecule has 1 aromatic rings. The van der Waals surface area contributed by atoms with Crippen LogP contribution >= 0.6 is 15.9 Å². The van der Waals surface area contributed by atoms with Gasteiger partial charge >= 0.3 is 5.97 Å². The molecule has 0 aliphatic carbocycles. The fourth-order valence-corrected chi connectivity index (χ4v) is 2.56. The Morgan fingerprint density at radius 1 is 1.41 bits per heavy atom. The normalized spacial score (nSPS) is 12.7. The van der Waals surface area contributed by atoms with E-state index in [2.05, 4.69) is 15.9 Å². The van der Waals surface area contributed by atoms with E-state index in [1.807, 2.05) is 26.0 Å². The molecular weight excluding hydrogens is 282 g/mol. The van der Waals surface area contributed by atoms with Gasteiger partial charge in [0.15, 0.2) is 0 Å². The van der Waals surface area contributed by atoms with Gasteiger partial charge in [-0.05, 0) is 33.5 Å². The molecule has 0 saturated heterocycles. The molecule has 0 aliphatic rings. The number of aliphatic carboxylic acids is 1. The smallest absolute Gasteiger partial charge is 0.311 e. The van der Waals surface area contributed by atoms with E-state index in [1.54, 1.807) is 6.07 Å². The van der Waals surface area contributed by atoms with E-state index in [-0.39, 0.29) is 5.92 Å². The summed E-state index contributed by atoms with van der Waals surface area (Å²) in [5, 5.41) is 9.40. The van der Waals surface area contributed by atoms with Gasteiger partial charge in [-0.15, -0.1) is 0 Å². The molecule has 17 heavy (non-hydrogen) atoms. The summed E-state index contributed by atoms with van der Waals surface area (Å²) < 4.78 is 0.757. The molecule has 94 valence electrons. The van der Waals surface area contributed by atoms with Crippen LogP contribution in [-0.4, -0.2) is 11.1 Å². The van der Waals surface area contributed by atoms with Gasteiger partial charge in [0.1, 0.15) is 0 Å². The van der Waals surface area contributed by atoms with Crippen LogP contribution in [0, 0.1) is 5.92 Å². The highest BCUT2D eigenvalue weighted by Crippen LogP contribution is 2.36. The number of nitrogens with two attached hydrogens (primary N) is 1. The van der Waals surface area contributed by atoms with Gasteiger partial charge in [0.2, 0.25) is 0 Å². The van der Waals surface area contributed by atoms with E-state index < -0.39 is 11.9 Å². The van der Waals surface area contributed by atoms with E-state index in [0.29, 0.717) is 11.3 Å². The predicted molar refractivity (Wildman–Crippen MR) is 73.0 cm³/mol. The molecule has 0 bridgehead atoms. The average Bonchev–Trinajstić information content (AvgIpc) is 2.30. The average molecular weight is 300 g/mol. The van der Waals surface area contributed by atoms with E-state index in [9.17, 15) is 9.90 Å². The number of benzene rings is 1. The highest BCUT2D eigenvalue weighted by molar-refractivity contribution is 9.10. The number of carbonyl (C=O) groups is 1. The van der Waals surface area contributed by atoms with Crippen LogP contribution in [0.4, 0.5) is 5.69 Å². The zero-order chi connectivity index (χ0) is 13.0. The van der Waals surface area contributed by atoms with Crippen LogP contribution in [0.5, 0.6) is 0 Å². The van der Waals surface area contributed by atoms with Gasteiger partial charge in [0.05, 0.1) is 5.92 Å². The summed E-state index contributed by atoms with van der Waals surface area (Å²) in [6.45, 7) is 4.02. The fraction of sp³-hybridized carbons (Fsp3) is 0.462. The Labute approximate surface area is 110 Å². The largest absolute Gasteiger partial charge is 0.481 e. The number of carboxylic acids is 1. The molecule has 1 unspecified atom stereocenters. The van der Waals surface area contributed by atoms with Crippen molar-refractivity contribution in [1.29, 1.82) is 0 Å². The van der Waals surface area contributed by atoms with Crippen molar-refractivity contribution < 1.29 is 9.90 Å². The molecule has 1 atom stereocenters. The van der Waals surface area contributed by atoms with Crippen LogP contribution in [0.1, 0.15) is 38.2 Å². The minimum Gasteiger partial charge on any atom is -0.481 e. The van der Waals surface area contributed by atoms with Crippen molar-refractivity contribution >= 4 is 27.6 Å². The highest BCUT2D eigenvalue weighted by Gasteiger charge is 2.29. The third-order valence-electron chi connectivity index (χ3n) is 3.21. The molecule has 0 heterocycles. The van der Waals surface area contributed by atoms with Crippen LogP contribution < -0.4 is 5.73 Å². The fourth-order valence-electron chi connectivity index (χ4n) is 2.17. The maximum absolute atomic E-state index is 11.5. The number of para-hydroxylation sites is 1. The molecule has 0 fully saturated rings. The molecule has 0 saturated carbocycles. The minimum atomic E-state index is -0.802. The van der Waals surface area contributed by atoms with Crippen LogP contribution in [-0.2, 0) is 4.79 Å². The zero-order valence-electron chi connectivity index (χ0n) is 10.1. The van der Waals surface area contributed by atoms with E-state index in [0.717, 1.165) is 17.3 Å². The number of carboxylic acid groups (broad SMARTS) is 1. The molecule has 1 aromatic carbocycles. The standard InChI is InChI=1S/C13H18BrNO2/c1-3-8(4-2)11(13(16)17)9-6-5-7-10(14)12(9)15/h5-8,11H,3-4,15H2,1-2H3,(H,16,17). The summed E-state index contributed by atoms with van der Waals surface area (Å²) in [7, 11) is 0. The molecule has 0 spiro atoms. The lowest BCUT2D eigenvalue weighted by Crippen LogP contribution is -2.22. The van der Waals surface area contributed by atoms with Crippen molar-refractivity contribution in [2.24, 2.45) is 5.92 Å². The highest BCUT2D eigenvalue weighted by atomic mass is 79.9. The number of hydrogen-bond acceptors (Lipinski definition) is 2. The number of hydrogen-bond donors (Lipinski definition) is 2. The Bertz CT molecular complexity index is 402. The second-order valence-corrected chi connectivity index (χ2v) is 4.99. The van der Waals surface area contributed by atoms with Crippen molar-refractivity contribution in [3.8, 4) is 0 Å². The topological polar surface area (TPSA) is 63.3 Å². The Morgan fingerprint density at radius 3 is 2.47 bits per heavy atom. The van der Waals surface area contributed by atoms with Crippen molar-refractivity contribution in [3.05, 3.63) is 28.2 Å². The SMILES string of the molecule is CCC(CC)C(C(=O)O)c1cccc(Br)c1N. The molecule has 1 rings (SSSR count). The van der Waals surface area contributed by atoms with Gasteiger partial charge in [-0.2, -0.15) is 0 Å². The first-order valence-corrected chi connectivity index (χ1v) is 6.58. The summed E-state index contributed by atoms with van der Waals surface area (Å²) >= 11 is 3.34. The number of halogens is 1. The lowest BCUT2D eigenvalue weighted by Gasteiger charge is -2.23. The van der Waals surface area contributed by atoms with E-state index in [1.165, 1.54) is 0 Å². The minimum absolute atomic E-state index is 0.115. The summed E-state index contributed by atoms with van der Waals surface area (Å²) in [4.78, 5) is 11.5. The molecule has 0 radical (unpaired) electrons. The first-order valence-electron chi connectivity index (χ1n) is 5.79. The van der Waals surface area contributed by atoms with Crippen molar-refractivity contribution in [3.63, 3.8) is 0 Å². The third-order valence-corrected chi connectivity index (χ3v) is 3.90. The van der Waals surface area contributed by atoms with Crippen LogP contribution in [0.2, 0.25) is 0 Å². The molecular formula is C13H18BrNO2. The monoisotopic (exact) mass is 299 g/mol. The maximum atomic E-state index is 11.5. The molecule has 0 aromatic heterocycles. The van der Waals surface area contributed by atoms with Gasteiger partial charge in [-0.3, -0.25) is 4.79 Å². The van der Waals surface area contributed by atoms with Gasteiger partial charge in [0.25, 0.3) is 0 Å². The summed E-state index contributed by atoms with van der Waals surface area (Å²) in [6, 6.07) is 5.45. The van der Waals surface area contributed by atoms with Crippen LogP contribution in [0.3, 0.4) is 0 Å². The molecule has 3 N–H and O–H groups in total. The quantitative estimate of drug-likeness (QED) is 0.816. The number of anilines is 1. The second kappa shape index (κ2) is 6.05. The van der Waals surface area contributed by atoms with Crippen molar-refractivity contribution in [2.45, 2.75) is 32.6 Å². The Hall–Kier alpha value is -1.03. The Morgan fingerprint density at radius 2 is 2.00 bits per heavy atom. The second-order valence-electron chi connectivity index (χ2n) is 4.14. The lowest BCUT2D eigenvalue weighted by molar-refractivity contribution is -0.140. The number of rotatable bonds is 5. The molecule has 0 aliphatic heterocycles. The van der Waals surface area contributed by atoms with Gasteiger partial charge in [-0.1, -0.05) is 38.8 Å².